The van der Waals surface area contributed by atoms with E-state index in [9.17, 15) is 4.79 Å². The van der Waals surface area contributed by atoms with Gasteiger partial charge in [0.15, 0.2) is 0 Å². The number of aryl methyl sites for hydroxylation is 1. The lowest BCUT2D eigenvalue weighted by molar-refractivity contribution is 0.497. The second-order valence-electron chi connectivity index (χ2n) is 5.02. The third kappa shape index (κ3) is 2.04. The van der Waals surface area contributed by atoms with Crippen molar-refractivity contribution in [2.45, 2.75) is 32.4 Å². The van der Waals surface area contributed by atoms with Crippen LogP contribution in [0.2, 0.25) is 0 Å². The summed E-state index contributed by atoms with van der Waals surface area (Å²) >= 11 is 0. The lowest BCUT2D eigenvalue weighted by Crippen LogP contribution is -2.32. The molecule has 1 unspecified atom stereocenters. The zero-order valence-corrected chi connectivity index (χ0v) is 10.5. The van der Waals surface area contributed by atoms with Crippen LogP contribution in [0, 0.1) is 6.92 Å². The maximum absolute atomic E-state index is 12.3. The van der Waals surface area contributed by atoms with Gasteiger partial charge in [0.05, 0.1) is 17.2 Å². The first kappa shape index (κ1) is 11.4. The minimum absolute atomic E-state index is 0.0636. The highest BCUT2D eigenvalue weighted by Gasteiger charge is 2.15. The molecule has 18 heavy (non-hydrogen) atoms. The SMILES string of the molecule is Cc1ccc2c(=O)n(CC3CCCN3)cnc2c1. The molecule has 0 amide bonds. The maximum atomic E-state index is 12.3. The molecule has 1 atom stereocenters. The Morgan fingerprint density at radius 1 is 1.50 bits per heavy atom. The van der Waals surface area contributed by atoms with Crippen molar-refractivity contribution in [3.63, 3.8) is 0 Å². The average molecular weight is 243 g/mol. The second kappa shape index (κ2) is 4.53. The van der Waals surface area contributed by atoms with Gasteiger partial charge in [-0.25, -0.2) is 4.98 Å². The Balaban J connectivity index is 2.00. The van der Waals surface area contributed by atoms with Gasteiger partial charge in [-0.05, 0) is 44.0 Å². The van der Waals surface area contributed by atoms with Crippen molar-refractivity contribution in [2.24, 2.45) is 0 Å². The van der Waals surface area contributed by atoms with E-state index in [1.807, 2.05) is 25.1 Å². The van der Waals surface area contributed by atoms with E-state index in [2.05, 4.69) is 10.3 Å². The zero-order chi connectivity index (χ0) is 12.5. The van der Waals surface area contributed by atoms with E-state index in [-0.39, 0.29) is 5.56 Å². The summed E-state index contributed by atoms with van der Waals surface area (Å²) in [5.41, 5.74) is 1.98. The van der Waals surface area contributed by atoms with Gasteiger partial charge in [-0.3, -0.25) is 9.36 Å². The molecule has 4 heteroatoms. The molecule has 1 aromatic carbocycles. The van der Waals surface area contributed by atoms with Crippen LogP contribution in [0.1, 0.15) is 18.4 Å². The fourth-order valence-electron chi connectivity index (χ4n) is 2.55. The zero-order valence-electron chi connectivity index (χ0n) is 10.5. The van der Waals surface area contributed by atoms with Gasteiger partial charge in [0.2, 0.25) is 0 Å². The second-order valence-corrected chi connectivity index (χ2v) is 5.02. The van der Waals surface area contributed by atoms with Crippen molar-refractivity contribution >= 4 is 10.9 Å². The highest BCUT2D eigenvalue weighted by atomic mass is 16.1. The highest BCUT2D eigenvalue weighted by molar-refractivity contribution is 5.77. The van der Waals surface area contributed by atoms with Crippen LogP contribution in [0.3, 0.4) is 0 Å². The molecule has 2 heterocycles. The fourth-order valence-corrected chi connectivity index (χ4v) is 2.55. The summed E-state index contributed by atoms with van der Waals surface area (Å²) in [5, 5.41) is 4.11. The molecule has 94 valence electrons. The summed E-state index contributed by atoms with van der Waals surface area (Å²) in [6, 6.07) is 6.20. The molecular weight excluding hydrogens is 226 g/mol. The van der Waals surface area contributed by atoms with Crippen molar-refractivity contribution in [3.05, 3.63) is 40.4 Å². The highest BCUT2D eigenvalue weighted by Crippen LogP contribution is 2.10. The van der Waals surface area contributed by atoms with Crippen molar-refractivity contribution in [1.29, 1.82) is 0 Å². The molecule has 1 aliphatic heterocycles. The molecule has 0 aliphatic carbocycles. The number of nitrogens with zero attached hydrogens (tertiary/aromatic N) is 2. The first-order chi connectivity index (χ1) is 8.74. The number of rotatable bonds is 2. The van der Waals surface area contributed by atoms with Crippen molar-refractivity contribution in [1.82, 2.24) is 14.9 Å². The Kier molecular flexibility index (Phi) is 2.88. The number of fused-ring (bicyclic) bond motifs is 1. The predicted molar refractivity (Wildman–Crippen MR) is 71.8 cm³/mol. The van der Waals surface area contributed by atoms with E-state index in [0.29, 0.717) is 11.4 Å². The third-order valence-electron chi connectivity index (χ3n) is 3.56. The van der Waals surface area contributed by atoms with Crippen LogP contribution >= 0.6 is 0 Å². The van der Waals surface area contributed by atoms with Crippen LogP contribution in [0.4, 0.5) is 0 Å². The van der Waals surface area contributed by atoms with Crippen LogP contribution in [0.15, 0.2) is 29.3 Å². The van der Waals surface area contributed by atoms with E-state index in [1.54, 1.807) is 10.9 Å². The Labute approximate surface area is 106 Å². The van der Waals surface area contributed by atoms with Gasteiger partial charge in [-0.15, -0.1) is 0 Å². The van der Waals surface area contributed by atoms with E-state index < -0.39 is 0 Å². The lowest BCUT2D eigenvalue weighted by Gasteiger charge is -2.12. The summed E-state index contributed by atoms with van der Waals surface area (Å²) in [4.78, 5) is 16.7. The summed E-state index contributed by atoms with van der Waals surface area (Å²) < 4.78 is 1.72. The van der Waals surface area contributed by atoms with Gasteiger partial charge >= 0.3 is 0 Å². The Morgan fingerprint density at radius 3 is 3.17 bits per heavy atom. The average Bonchev–Trinajstić information content (AvgIpc) is 2.85. The summed E-state index contributed by atoms with van der Waals surface area (Å²) in [6.45, 7) is 3.78. The van der Waals surface area contributed by atoms with Crippen LogP contribution in [-0.4, -0.2) is 22.1 Å². The number of benzene rings is 1. The van der Waals surface area contributed by atoms with E-state index in [4.69, 9.17) is 0 Å². The third-order valence-corrected chi connectivity index (χ3v) is 3.56. The Hall–Kier alpha value is -1.68. The molecule has 0 spiro atoms. The smallest absolute Gasteiger partial charge is 0.261 e. The summed E-state index contributed by atoms with van der Waals surface area (Å²) in [6.07, 6.45) is 4.00. The van der Waals surface area contributed by atoms with Gasteiger partial charge in [0.25, 0.3) is 5.56 Å². The Bertz CT molecular complexity index is 626. The van der Waals surface area contributed by atoms with E-state index >= 15 is 0 Å². The quantitative estimate of drug-likeness (QED) is 0.868. The molecule has 1 saturated heterocycles. The lowest BCUT2D eigenvalue weighted by atomic mass is 10.1. The van der Waals surface area contributed by atoms with Crippen molar-refractivity contribution in [3.8, 4) is 0 Å². The van der Waals surface area contributed by atoms with Gasteiger partial charge in [0.1, 0.15) is 0 Å². The van der Waals surface area contributed by atoms with Crippen molar-refractivity contribution in [2.75, 3.05) is 6.54 Å². The molecule has 2 aromatic rings. The van der Waals surface area contributed by atoms with Crippen LogP contribution in [-0.2, 0) is 6.54 Å². The molecule has 1 N–H and O–H groups in total. The summed E-state index contributed by atoms with van der Waals surface area (Å²) in [7, 11) is 0. The van der Waals surface area contributed by atoms with E-state index in [1.165, 1.54) is 6.42 Å². The molecule has 1 aromatic heterocycles. The van der Waals surface area contributed by atoms with Crippen LogP contribution < -0.4 is 10.9 Å². The van der Waals surface area contributed by atoms with Gasteiger partial charge in [-0.1, -0.05) is 6.07 Å². The van der Waals surface area contributed by atoms with Gasteiger partial charge < -0.3 is 5.32 Å². The number of hydrogen-bond acceptors (Lipinski definition) is 3. The molecule has 1 aliphatic rings. The molecule has 1 fully saturated rings. The van der Waals surface area contributed by atoms with Gasteiger partial charge in [-0.2, -0.15) is 0 Å². The minimum atomic E-state index is 0.0636. The molecule has 0 bridgehead atoms. The monoisotopic (exact) mass is 243 g/mol. The van der Waals surface area contributed by atoms with Crippen LogP contribution in [0.25, 0.3) is 10.9 Å². The predicted octanol–water partition coefficient (Wildman–Crippen LogP) is 1.46. The first-order valence-electron chi connectivity index (χ1n) is 6.43. The Morgan fingerprint density at radius 2 is 2.39 bits per heavy atom. The number of hydrogen-bond donors (Lipinski definition) is 1. The standard InChI is InChI=1S/C14H17N3O/c1-10-4-5-12-13(7-10)16-9-17(14(12)18)8-11-3-2-6-15-11/h4-5,7,9,11,15H,2-3,6,8H2,1H3. The topological polar surface area (TPSA) is 46.9 Å². The van der Waals surface area contributed by atoms with E-state index in [0.717, 1.165) is 30.6 Å². The van der Waals surface area contributed by atoms with Crippen molar-refractivity contribution < 1.29 is 0 Å². The molecule has 0 radical (unpaired) electrons. The normalized spacial score (nSPS) is 19.5. The fraction of sp³-hybridized carbons (Fsp3) is 0.429. The molecule has 4 nitrogen and oxygen atoms in total. The largest absolute Gasteiger partial charge is 0.312 e. The molecule has 3 rings (SSSR count). The van der Waals surface area contributed by atoms with Gasteiger partial charge in [0, 0.05) is 12.6 Å². The number of aromatic nitrogens is 2. The minimum Gasteiger partial charge on any atom is -0.312 e. The number of nitrogens with one attached hydrogen (secondary N) is 1. The molecule has 0 saturated carbocycles. The summed E-state index contributed by atoms with van der Waals surface area (Å²) in [5.74, 6) is 0. The maximum Gasteiger partial charge on any atom is 0.261 e. The molecular formula is C14H17N3O. The first-order valence-corrected chi connectivity index (χ1v) is 6.43. The van der Waals surface area contributed by atoms with Crippen LogP contribution in [0.5, 0.6) is 0 Å².